The van der Waals surface area contributed by atoms with Gasteiger partial charge in [0.2, 0.25) is 5.91 Å². The molecule has 0 aliphatic heterocycles. The van der Waals surface area contributed by atoms with Crippen molar-refractivity contribution >= 4 is 39.7 Å². The van der Waals surface area contributed by atoms with Gasteiger partial charge >= 0.3 is 0 Å². The molecule has 0 saturated heterocycles. The SMILES string of the molecule is C/C(N)=C\C(=O)Nc1ccc(NC(C)(C)Cc2ccc3ccccc3c2)c(Cl)c1. The number of nitrogens with one attached hydrogen (secondary N) is 2. The summed E-state index contributed by atoms with van der Waals surface area (Å²) in [7, 11) is 0. The first-order chi connectivity index (χ1) is 13.7. The fourth-order valence-corrected chi connectivity index (χ4v) is 3.57. The summed E-state index contributed by atoms with van der Waals surface area (Å²) in [5.41, 5.74) is 8.46. The van der Waals surface area contributed by atoms with Gasteiger partial charge in [-0.1, -0.05) is 54.1 Å². The number of hydrogen-bond donors (Lipinski definition) is 3. The standard InChI is InChI=1S/C24H26ClN3O/c1-16(26)12-23(29)27-20-10-11-22(21(25)14-20)28-24(2,3)15-17-8-9-18-6-4-5-7-19(18)13-17/h4-14,28H,15,26H2,1-3H3,(H,27,29)/b16-12+. The lowest BCUT2D eigenvalue weighted by Crippen LogP contribution is -2.33. The molecule has 4 N–H and O–H groups in total. The molecule has 29 heavy (non-hydrogen) atoms. The van der Waals surface area contributed by atoms with Gasteiger partial charge in [0.05, 0.1) is 10.7 Å². The summed E-state index contributed by atoms with van der Waals surface area (Å²) in [6.07, 6.45) is 2.18. The highest BCUT2D eigenvalue weighted by atomic mass is 35.5. The van der Waals surface area contributed by atoms with Crippen molar-refractivity contribution in [3.63, 3.8) is 0 Å². The molecule has 0 aliphatic rings. The number of nitrogens with two attached hydrogens (primary N) is 1. The van der Waals surface area contributed by atoms with Gasteiger partial charge < -0.3 is 16.4 Å². The highest BCUT2D eigenvalue weighted by Crippen LogP contribution is 2.29. The minimum Gasteiger partial charge on any atom is -0.402 e. The minimum atomic E-state index is -0.279. The third kappa shape index (κ3) is 5.75. The number of carbonyl (C=O) groups excluding carboxylic acids is 1. The van der Waals surface area contributed by atoms with E-state index in [9.17, 15) is 4.79 Å². The molecule has 0 atom stereocenters. The Hall–Kier alpha value is -2.98. The Bertz CT molecular complexity index is 1070. The van der Waals surface area contributed by atoms with Gasteiger partial charge in [-0.25, -0.2) is 0 Å². The maximum absolute atomic E-state index is 11.8. The zero-order valence-electron chi connectivity index (χ0n) is 16.9. The van der Waals surface area contributed by atoms with Crippen molar-refractivity contribution in [2.45, 2.75) is 32.7 Å². The number of fused-ring (bicyclic) bond motifs is 1. The van der Waals surface area contributed by atoms with Gasteiger partial charge in [0.1, 0.15) is 0 Å². The second kappa shape index (κ2) is 8.58. The van der Waals surface area contributed by atoms with Gasteiger partial charge in [-0.05, 0) is 61.7 Å². The maximum atomic E-state index is 11.8. The summed E-state index contributed by atoms with van der Waals surface area (Å²) in [6.45, 7) is 5.95. The van der Waals surface area contributed by atoms with Gasteiger partial charge in [0.25, 0.3) is 0 Å². The fraction of sp³-hybridized carbons (Fsp3) is 0.208. The summed E-state index contributed by atoms with van der Waals surface area (Å²) in [4.78, 5) is 11.8. The van der Waals surface area contributed by atoms with E-state index in [1.54, 1.807) is 13.0 Å². The van der Waals surface area contributed by atoms with Gasteiger partial charge in [0, 0.05) is 23.0 Å². The third-order valence-electron chi connectivity index (χ3n) is 4.53. The zero-order valence-corrected chi connectivity index (χ0v) is 17.7. The largest absolute Gasteiger partial charge is 0.402 e. The molecule has 0 radical (unpaired) electrons. The number of hydrogen-bond acceptors (Lipinski definition) is 3. The van der Waals surface area contributed by atoms with Crippen molar-refractivity contribution in [2.24, 2.45) is 5.73 Å². The zero-order chi connectivity index (χ0) is 21.0. The van der Waals surface area contributed by atoms with Crippen LogP contribution in [-0.4, -0.2) is 11.4 Å². The van der Waals surface area contributed by atoms with E-state index >= 15 is 0 Å². The molecule has 0 saturated carbocycles. The molecular formula is C24H26ClN3O. The number of allylic oxidation sites excluding steroid dienone is 1. The first-order valence-corrected chi connectivity index (χ1v) is 9.90. The molecule has 0 bridgehead atoms. The van der Waals surface area contributed by atoms with Gasteiger partial charge in [-0.2, -0.15) is 0 Å². The Kier molecular flexibility index (Phi) is 6.14. The Morgan fingerprint density at radius 3 is 2.48 bits per heavy atom. The lowest BCUT2D eigenvalue weighted by molar-refractivity contribution is -0.111. The maximum Gasteiger partial charge on any atom is 0.250 e. The molecular weight excluding hydrogens is 382 g/mol. The Balaban J connectivity index is 1.71. The van der Waals surface area contributed by atoms with E-state index in [4.69, 9.17) is 17.3 Å². The number of halogens is 1. The number of anilines is 2. The molecule has 0 unspecified atom stereocenters. The van der Waals surface area contributed by atoms with Gasteiger partial charge in [0.15, 0.2) is 0 Å². The lowest BCUT2D eigenvalue weighted by Gasteiger charge is -2.28. The molecule has 0 spiro atoms. The van der Waals surface area contributed by atoms with E-state index in [1.165, 1.54) is 22.4 Å². The molecule has 0 aromatic heterocycles. The predicted molar refractivity (Wildman–Crippen MR) is 123 cm³/mol. The quantitative estimate of drug-likeness (QED) is 0.457. The third-order valence-corrected chi connectivity index (χ3v) is 4.84. The van der Waals surface area contributed by atoms with Crippen LogP contribution in [0.4, 0.5) is 11.4 Å². The van der Waals surface area contributed by atoms with Crippen molar-refractivity contribution < 1.29 is 4.79 Å². The molecule has 1 amide bonds. The second-order valence-corrected chi connectivity index (χ2v) is 8.35. The van der Waals surface area contributed by atoms with Crippen LogP contribution >= 0.6 is 11.6 Å². The number of amides is 1. The molecule has 0 fully saturated rings. The van der Waals surface area contributed by atoms with Gasteiger partial charge in [-0.15, -0.1) is 0 Å². The Morgan fingerprint density at radius 2 is 1.79 bits per heavy atom. The van der Waals surface area contributed by atoms with Crippen LogP contribution in [0, 0.1) is 0 Å². The summed E-state index contributed by atoms with van der Waals surface area (Å²) >= 11 is 6.45. The molecule has 4 nitrogen and oxygen atoms in total. The molecule has 3 aromatic rings. The number of carbonyl (C=O) groups is 1. The van der Waals surface area contributed by atoms with Crippen molar-refractivity contribution in [2.75, 3.05) is 10.6 Å². The van der Waals surface area contributed by atoms with Crippen LogP contribution in [0.2, 0.25) is 5.02 Å². The predicted octanol–water partition coefficient (Wildman–Crippen LogP) is 5.73. The average molecular weight is 408 g/mol. The van der Waals surface area contributed by atoms with Crippen LogP contribution in [0.1, 0.15) is 26.3 Å². The summed E-state index contributed by atoms with van der Waals surface area (Å²) in [5, 5.41) is 9.29. The normalized spacial score (nSPS) is 12.1. The van der Waals surface area contributed by atoms with E-state index in [-0.39, 0.29) is 11.4 Å². The van der Waals surface area contributed by atoms with Crippen molar-refractivity contribution in [1.29, 1.82) is 0 Å². The van der Waals surface area contributed by atoms with E-state index in [0.29, 0.717) is 16.4 Å². The highest BCUT2D eigenvalue weighted by molar-refractivity contribution is 6.33. The van der Waals surface area contributed by atoms with Crippen LogP contribution in [0.3, 0.4) is 0 Å². The van der Waals surface area contributed by atoms with Crippen molar-refractivity contribution in [1.82, 2.24) is 0 Å². The summed E-state index contributed by atoms with van der Waals surface area (Å²) in [6, 6.07) is 20.3. The second-order valence-electron chi connectivity index (χ2n) is 7.94. The number of benzene rings is 3. The van der Waals surface area contributed by atoms with Crippen LogP contribution in [-0.2, 0) is 11.2 Å². The van der Waals surface area contributed by atoms with Crippen LogP contribution in [0.5, 0.6) is 0 Å². The molecule has 5 heteroatoms. The van der Waals surface area contributed by atoms with E-state index in [0.717, 1.165) is 12.1 Å². The smallest absolute Gasteiger partial charge is 0.250 e. The van der Waals surface area contributed by atoms with Crippen LogP contribution in [0.25, 0.3) is 10.8 Å². The number of rotatable bonds is 6. The highest BCUT2D eigenvalue weighted by Gasteiger charge is 2.20. The van der Waals surface area contributed by atoms with Gasteiger partial charge in [-0.3, -0.25) is 4.79 Å². The van der Waals surface area contributed by atoms with E-state index in [1.807, 2.05) is 12.1 Å². The first kappa shape index (κ1) is 20.7. The van der Waals surface area contributed by atoms with Crippen LogP contribution < -0.4 is 16.4 Å². The molecule has 3 rings (SSSR count). The minimum absolute atomic E-state index is 0.212. The lowest BCUT2D eigenvalue weighted by atomic mass is 9.93. The summed E-state index contributed by atoms with van der Waals surface area (Å²) in [5.74, 6) is -0.279. The molecule has 150 valence electrons. The Morgan fingerprint density at radius 1 is 1.07 bits per heavy atom. The molecule has 3 aromatic carbocycles. The molecule has 0 heterocycles. The molecule has 0 aliphatic carbocycles. The van der Waals surface area contributed by atoms with Crippen LogP contribution in [0.15, 0.2) is 72.4 Å². The van der Waals surface area contributed by atoms with E-state index in [2.05, 4.69) is 66.9 Å². The summed E-state index contributed by atoms with van der Waals surface area (Å²) < 4.78 is 0. The Labute approximate surface area is 176 Å². The topological polar surface area (TPSA) is 67.2 Å². The first-order valence-electron chi connectivity index (χ1n) is 9.52. The van der Waals surface area contributed by atoms with Crippen molar-refractivity contribution in [3.8, 4) is 0 Å². The monoisotopic (exact) mass is 407 g/mol. The fourth-order valence-electron chi connectivity index (χ4n) is 3.35. The van der Waals surface area contributed by atoms with Crippen molar-refractivity contribution in [3.05, 3.63) is 83.0 Å². The van der Waals surface area contributed by atoms with E-state index < -0.39 is 0 Å². The average Bonchev–Trinajstić information content (AvgIpc) is 2.63.